The average molecular weight is 395 g/mol. The molecule has 0 saturated heterocycles. The second-order valence-corrected chi connectivity index (χ2v) is 7.12. The van der Waals surface area contributed by atoms with Crippen LogP contribution in [0.5, 0.6) is 0 Å². The van der Waals surface area contributed by atoms with Crippen LogP contribution in [0.3, 0.4) is 0 Å². The zero-order valence-electron chi connectivity index (χ0n) is 14.5. The molecule has 0 fully saturated rings. The number of carbonyl (C=O) groups excluding carboxylic acids is 1. The van der Waals surface area contributed by atoms with Gasteiger partial charge in [0.2, 0.25) is 0 Å². The molecule has 140 valence electrons. The number of amides is 1. The maximum atomic E-state index is 13.2. The summed E-state index contributed by atoms with van der Waals surface area (Å²) in [6.07, 6.45) is 0. The van der Waals surface area contributed by atoms with E-state index in [1.165, 1.54) is 41.7 Å². The van der Waals surface area contributed by atoms with Gasteiger partial charge in [-0.1, -0.05) is 18.2 Å². The third kappa shape index (κ3) is 3.49. The number of halogens is 1. The highest BCUT2D eigenvalue weighted by Gasteiger charge is 2.18. The highest BCUT2D eigenvalue weighted by molar-refractivity contribution is 7.17. The van der Waals surface area contributed by atoms with E-state index in [4.69, 9.17) is 0 Å². The number of nitrogens with one attached hydrogen (secondary N) is 1. The van der Waals surface area contributed by atoms with Crippen molar-refractivity contribution in [2.45, 2.75) is 6.54 Å². The molecule has 0 atom stereocenters. The summed E-state index contributed by atoms with van der Waals surface area (Å²) in [5, 5.41) is 15.6. The average Bonchev–Trinajstić information content (AvgIpc) is 3.26. The lowest BCUT2D eigenvalue weighted by Gasteiger charge is -2.11. The minimum Gasteiger partial charge on any atom is -0.331 e. The molecule has 2 heterocycles. The van der Waals surface area contributed by atoms with Gasteiger partial charge in [0, 0.05) is 24.4 Å². The summed E-state index contributed by atoms with van der Waals surface area (Å²) in [4.78, 5) is 23.3. The molecule has 2 aromatic carbocycles. The lowest BCUT2D eigenvalue weighted by molar-refractivity contribution is -0.384. The standard InChI is InChI=1S/C20H14FN3O3S/c21-14-6-4-13(5-7-14)12-23-17-8-9-28-19(17)11-18(23)20(25)22-15-2-1-3-16(10-15)24(26)27/h1-11H,12H2,(H,22,25). The quantitative estimate of drug-likeness (QED) is 0.379. The van der Waals surface area contributed by atoms with E-state index in [1.807, 2.05) is 16.0 Å². The van der Waals surface area contributed by atoms with Crippen molar-refractivity contribution in [1.29, 1.82) is 0 Å². The molecule has 4 rings (SSSR count). The molecule has 2 aromatic heterocycles. The minimum absolute atomic E-state index is 0.0968. The summed E-state index contributed by atoms with van der Waals surface area (Å²) >= 11 is 1.52. The second-order valence-electron chi connectivity index (χ2n) is 6.17. The lowest BCUT2D eigenvalue weighted by atomic mass is 10.2. The maximum absolute atomic E-state index is 13.2. The summed E-state index contributed by atoms with van der Waals surface area (Å²) < 4.78 is 16.0. The Morgan fingerprint density at radius 3 is 2.68 bits per heavy atom. The molecule has 1 N–H and O–H groups in total. The van der Waals surface area contributed by atoms with Crippen LogP contribution in [0.15, 0.2) is 66.0 Å². The first-order valence-corrected chi connectivity index (χ1v) is 9.26. The van der Waals surface area contributed by atoms with E-state index in [0.29, 0.717) is 17.9 Å². The first kappa shape index (κ1) is 17.9. The van der Waals surface area contributed by atoms with Gasteiger partial charge in [0.15, 0.2) is 0 Å². The molecule has 8 heteroatoms. The molecule has 0 aliphatic heterocycles. The van der Waals surface area contributed by atoms with Gasteiger partial charge < -0.3 is 9.88 Å². The first-order chi connectivity index (χ1) is 13.5. The minimum atomic E-state index is -0.511. The Hall–Kier alpha value is -3.52. The number of fused-ring (bicyclic) bond motifs is 1. The van der Waals surface area contributed by atoms with Crippen LogP contribution >= 0.6 is 11.3 Å². The Morgan fingerprint density at radius 1 is 1.14 bits per heavy atom. The molecule has 28 heavy (non-hydrogen) atoms. The third-order valence-electron chi connectivity index (χ3n) is 4.32. The van der Waals surface area contributed by atoms with Crippen LogP contribution < -0.4 is 5.32 Å². The number of rotatable bonds is 5. The van der Waals surface area contributed by atoms with Crippen LogP contribution in [-0.4, -0.2) is 15.4 Å². The first-order valence-electron chi connectivity index (χ1n) is 8.38. The van der Waals surface area contributed by atoms with Gasteiger partial charge >= 0.3 is 0 Å². The number of nitro groups is 1. The largest absolute Gasteiger partial charge is 0.331 e. The Bertz CT molecular complexity index is 1180. The van der Waals surface area contributed by atoms with Gasteiger partial charge in [-0.25, -0.2) is 4.39 Å². The van der Waals surface area contributed by atoms with Crippen LogP contribution in [0.25, 0.3) is 10.2 Å². The zero-order chi connectivity index (χ0) is 19.7. The molecule has 6 nitrogen and oxygen atoms in total. The van der Waals surface area contributed by atoms with Crippen molar-refractivity contribution in [3.63, 3.8) is 0 Å². The van der Waals surface area contributed by atoms with Crippen LogP contribution in [0.1, 0.15) is 16.1 Å². The fourth-order valence-corrected chi connectivity index (χ4v) is 3.82. The van der Waals surface area contributed by atoms with Crippen LogP contribution in [-0.2, 0) is 6.54 Å². The monoisotopic (exact) mass is 395 g/mol. The molecular weight excluding hydrogens is 381 g/mol. The molecular formula is C20H14FN3O3S. The van der Waals surface area contributed by atoms with Crippen molar-refractivity contribution in [3.8, 4) is 0 Å². The zero-order valence-corrected chi connectivity index (χ0v) is 15.3. The number of hydrogen-bond donors (Lipinski definition) is 1. The Balaban J connectivity index is 1.67. The molecule has 0 saturated carbocycles. The number of hydrogen-bond acceptors (Lipinski definition) is 4. The van der Waals surface area contributed by atoms with Crippen molar-refractivity contribution in [1.82, 2.24) is 4.57 Å². The van der Waals surface area contributed by atoms with Crippen LogP contribution in [0.2, 0.25) is 0 Å². The molecule has 4 aromatic rings. The van der Waals surface area contributed by atoms with E-state index in [0.717, 1.165) is 15.8 Å². The number of thiophene rings is 1. The maximum Gasteiger partial charge on any atom is 0.272 e. The summed E-state index contributed by atoms with van der Waals surface area (Å²) in [6, 6.07) is 15.6. The molecule has 0 spiro atoms. The fourth-order valence-electron chi connectivity index (χ4n) is 3.00. The number of carbonyl (C=O) groups is 1. The van der Waals surface area contributed by atoms with E-state index >= 15 is 0 Å². The van der Waals surface area contributed by atoms with Crippen molar-refractivity contribution in [2.75, 3.05) is 5.32 Å². The van der Waals surface area contributed by atoms with Crippen molar-refractivity contribution >= 4 is 38.8 Å². The van der Waals surface area contributed by atoms with Gasteiger partial charge in [0.05, 0.1) is 15.1 Å². The normalized spacial score (nSPS) is 10.9. The van der Waals surface area contributed by atoms with E-state index < -0.39 is 4.92 Å². The second kappa shape index (κ2) is 7.24. The predicted molar refractivity (Wildman–Crippen MR) is 106 cm³/mol. The lowest BCUT2D eigenvalue weighted by Crippen LogP contribution is -2.17. The summed E-state index contributed by atoms with van der Waals surface area (Å²) in [6.45, 7) is 0.401. The Labute approximate surface area is 163 Å². The van der Waals surface area contributed by atoms with E-state index in [-0.39, 0.29) is 17.4 Å². The topological polar surface area (TPSA) is 77.2 Å². The summed E-state index contributed by atoms with van der Waals surface area (Å²) in [5.41, 5.74) is 2.43. The van der Waals surface area contributed by atoms with Gasteiger partial charge in [-0.2, -0.15) is 0 Å². The number of anilines is 1. The van der Waals surface area contributed by atoms with Crippen molar-refractivity contribution < 1.29 is 14.1 Å². The molecule has 0 radical (unpaired) electrons. The molecule has 0 aliphatic rings. The Kier molecular flexibility index (Phi) is 4.62. The van der Waals surface area contributed by atoms with Gasteiger partial charge in [-0.15, -0.1) is 11.3 Å². The summed E-state index contributed by atoms with van der Waals surface area (Å²) in [5.74, 6) is -0.688. The van der Waals surface area contributed by atoms with E-state index in [1.54, 1.807) is 24.3 Å². The molecule has 1 amide bonds. The number of non-ortho nitro benzene ring substituents is 1. The van der Waals surface area contributed by atoms with Gasteiger partial charge in [0.1, 0.15) is 11.5 Å². The van der Waals surface area contributed by atoms with Gasteiger partial charge in [-0.3, -0.25) is 14.9 Å². The SMILES string of the molecule is O=C(Nc1cccc([N+](=O)[O-])c1)c1cc2sccc2n1Cc1ccc(F)cc1. The highest BCUT2D eigenvalue weighted by atomic mass is 32.1. The molecule has 0 unspecified atom stereocenters. The Morgan fingerprint density at radius 2 is 1.93 bits per heavy atom. The third-order valence-corrected chi connectivity index (χ3v) is 5.18. The smallest absolute Gasteiger partial charge is 0.272 e. The highest BCUT2D eigenvalue weighted by Crippen LogP contribution is 2.27. The van der Waals surface area contributed by atoms with Crippen LogP contribution in [0, 0.1) is 15.9 Å². The predicted octanol–water partition coefficient (Wildman–Crippen LogP) is 5.05. The van der Waals surface area contributed by atoms with Crippen LogP contribution in [0.4, 0.5) is 15.8 Å². The summed E-state index contributed by atoms with van der Waals surface area (Å²) in [7, 11) is 0. The van der Waals surface area contributed by atoms with Gasteiger partial charge in [0.25, 0.3) is 11.6 Å². The fraction of sp³-hybridized carbons (Fsp3) is 0.0500. The molecule has 0 bridgehead atoms. The number of benzene rings is 2. The van der Waals surface area contributed by atoms with E-state index in [2.05, 4.69) is 5.32 Å². The van der Waals surface area contributed by atoms with E-state index in [9.17, 15) is 19.3 Å². The van der Waals surface area contributed by atoms with Gasteiger partial charge in [-0.05, 0) is 41.3 Å². The number of nitro benzene ring substituents is 1. The number of nitrogens with zero attached hydrogens (tertiary/aromatic N) is 2. The number of aromatic nitrogens is 1. The van der Waals surface area contributed by atoms with Crippen molar-refractivity contribution in [3.05, 3.63) is 93.2 Å². The van der Waals surface area contributed by atoms with Crippen molar-refractivity contribution in [2.24, 2.45) is 0 Å². The molecule has 0 aliphatic carbocycles.